The predicted octanol–water partition coefficient (Wildman–Crippen LogP) is 2.53. The molecule has 3 rings (SSSR count). The molecule has 1 saturated heterocycles. The maximum absolute atomic E-state index is 9.93. The van der Waals surface area contributed by atoms with Crippen molar-refractivity contribution in [1.29, 1.82) is 0 Å². The molecule has 1 aliphatic heterocycles. The maximum Gasteiger partial charge on any atom is 0.0613 e. The normalized spacial score (nSPS) is 39.3. The fraction of sp³-hybridized carbons (Fsp3) is 1.00. The van der Waals surface area contributed by atoms with E-state index in [1.807, 2.05) is 0 Å². The van der Waals surface area contributed by atoms with Crippen LogP contribution in [0.2, 0.25) is 0 Å². The summed E-state index contributed by atoms with van der Waals surface area (Å²) in [5.74, 6) is 0.932. The zero-order chi connectivity index (χ0) is 14.0. The van der Waals surface area contributed by atoms with Crippen LogP contribution in [0.25, 0.3) is 0 Å². The van der Waals surface area contributed by atoms with Gasteiger partial charge in [-0.25, -0.2) is 0 Å². The lowest BCUT2D eigenvalue weighted by Gasteiger charge is -2.44. The first-order chi connectivity index (χ1) is 9.74. The van der Waals surface area contributed by atoms with Crippen LogP contribution >= 0.6 is 0 Å². The molecule has 0 aromatic heterocycles. The van der Waals surface area contributed by atoms with Crippen molar-refractivity contribution in [3.05, 3.63) is 0 Å². The summed E-state index contributed by atoms with van der Waals surface area (Å²) in [4.78, 5) is 2.73. The van der Waals surface area contributed by atoms with Gasteiger partial charge in [0.15, 0.2) is 0 Å². The Morgan fingerprint density at radius 3 is 2.80 bits per heavy atom. The summed E-state index contributed by atoms with van der Waals surface area (Å²) in [7, 11) is 0. The minimum atomic E-state index is 0.0346. The van der Waals surface area contributed by atoms with Crippen molar-refractivity contribution in [3.63, 3.8) is 0 Å². The molecule has 0 spiro atoms. The molecule has 3 atom stereocenters. The minimum Gasteiger partial charge on any atom is -0.394 e. The highest BCUT2D eigenvalue weighted by molar-refractivity contribution is 5.01. The topological polar surface area (TPSA) is 35.5 Å². The Kier molecular flexibility index (Phi) is 4.68. The van der Waals surface area contributed by atoms with E-state index in [4.69, 9.17) is 0 Å². The number of aliphatic hydroxyl groups is 1. The van der Waals surface area contributed by atoms with Gasteiger partial charge in [-0.05, 0) is 63.8 Å². The summed E-state index contributed by atoms with van der Waals surface area (Å²) < 4.78 is 0. The van der Waals surface area contributed by atoms with E-state index in [2.05, 4.69) is 17.1 Å². The van der Waals surface area contributed by atoms with E-state index in [1.165, 1.54) is 70.9 Å². The highest BCUT2D eigenvalue weighted by Gasteiger charge is 2.42. The SMILES string of the molecule is CCCC1CCN(C2CCCC(CO)(NC3CC3)C2)C1. The molecule has 0 aromatic carbocycles. The molecule has 2 saturated carbocycles. The fourth-order valence-corrected chi connectivity index (χ4v) is 4.46. The molecular formula is C17H32N2O. The van der Waals surface area contributed by atoms with E-state index >= 15 is 0 Å². The van der Waals surface area contributed by atoms with Gasteiger partial charge in [-0.3, -0.25) is 0 Å². The molecule has 20 heavy (non-hydrogen) atoms. The molecule has 2 N–H and O–H groups in total. The summed E-state index contributed by atoms with van der Waals surface area (Å²) in [5.41, 5.74) is 0.0346. The summed E-state index contributed by atoms with van der Waals surface area (Å²) in [6.07, 6.45) is 11.7. The summed E-state index contributed by atoms with van der Waals surface area (Å²) in [5, 5.41) is 13.7. The molecule has 0 bridgehead atoms. The molecule has 3 nitrogen and oxygen atoms in total. The smallest absolute Gasteiger partial charge is 0.0613 e. The highest BCUT2D eigenvalue weighted by atomic mass is 16.3. The van der Waals surface area contributed by atoms with Crippen molar-refractivity contribution in [2.45, 2.75) is 82.3 Å². The maximum atomic E-state index is 9.93. The van der Waals surface area contributed by atoms with Gasteiger partial charge in [0.25, 0.3) is 0 Å². The molecule has 116 valence electrons. The van der Waals surface area contributed by atoms with Crippen LogP contribution in [0.1, 0.15) is 64.7 Å². The zero-order valence-corrected chi connectivity index (χ0v) is 13.1. The summed E-state index contributed by atoms with van der Waals surface area (Å²) >= 11 is 0. The number of likely N-dealkylation sites (tertiary alicyclic amines) is 1. The minimum absolute atomic E-state index is 0.0346. The third-order valence-electron chi connectivity index (χ3n) is 5.74. The quantitative estimate of drug-likeness (QED) is 0.785. The second-order valence-corrected chi connectivity index (χ2v) is 7.55. The molecule has 1 heterocycles. The Balaban J connectivity index is 1.57. The van der Waals surface area contributed by atoms with Crippen molar-refractivity contribution in [2.75, 3.05) is 19.7 Å². The number of nitrogens with one attached hydrogen (secondary N) is 1. The molecule has 3 heteroatoms. The number of hydrogen-bond donors (Lipinski definition) is 2. The van der Waals surface area contributed by atoms with E-state index in [0.29, 0.717) is 18.7 Å². The molecule has 3 aliphatic rings. The van der Waals surface area contributed by atoms with Gasteiger partial charge >= 0.3 is 0 Å². The first-order valence-electron chi connectivity index (χ1n) is 8.87. The monoisotopic (exact) mass is 280 g/mol. The Labute approximate surface area is 124 Å². The second kappa shape index (κ2) is 6.33. The van der Waals surface area contributed by atoms with Gasteiger partial charge < -0.3 is 15.3 Å². The largest absolute Gasteiger partial charge is 0.394 e. The van der Waals surface area contributed by atoms with Crippen LogP contribution in [0.4, 0.5) is 0 Å². The van der Waals surface area contributed by atoms with Crippen LogP contribution in [-0.2, 0) is 0 Å². The van der Waals surface area contributed by atoms with Gasteiger partial charge in [0, 0.05) is 24.2 Å². The van der Waals surface area contributed by atoms with Crippen LogP contribution in [0.5, 0.6) is 0 Å². The number of rotatable bonds is 6. The van der Waals surface area contributed by atoms with Gasteiger partial charge in [-0.1, -0.05) is 13.3 Å². The van der Waals surface area contributed by atoms with E-state index < -0.39 is 0 Å². The van der Waals surface area contributed by atoms with Gasteiger partial charge in [-0.2, -0.15) is 0 Å². The zero-order valence-electron chi connectivity index (χ0n) is 13.1. The van der Waals surface area contributed by atoms with Crippen molar-refractivity contribution < 1.29 is 5.11 Å². The first-order valence-corrected chi connectivity index (χ1v) is 8.87. The lowest BCUT2D eigenvalue weighted by molar-refractivity contribution is 0.0659. The number of hydrogen-bond acceptors (Lipinski definition) is 3. The van der Waals surface area contributed by atoms with E-state index in [9.17, 15) is 5.11 Å². The average Bonchev–Trinajstić information content (AvgIpc) is 3.14. The molecular weight excluding hydrogens is 248 g/mol. The first kappa shape index (κ1) is 14.8. The molecule has 0 radical (unpaired) electrons. The molecule has 0 amide bonds. The van der Waals surface area contributed by atoms with E-state index in [0.717, 1.165) is 5.92 Å². The lowest BCUT2D eigenvalue weighted by atomic mass is 9.78. The van der Waals surface area contributed by atoms with Crippen molar-refractivity contribution in [2.24, 2.45) is 5.92 Å². The van der Waals surface area contributed by atoms with Crippen LogP contribution < -0.4 is 5.32 Å². The summed E-state index contributed by atoms with van der Waals surface area (Å²) in [6.45, 7) is 5.23. The third-order valence-corrected chi connectivity index (χ3v) is 5.74. The van der Waals surface area contributed by atoms with Gasteiger partial charge in [0.05, 0.1) is 6.61 Å². The standard InChI is InChI=1S/C17H32N2O/c1-2-4-14-8-10-19(12-14)16-5-3-9-17(11-16,13-20)18-15-6-7-15/h14-16,18,20H,2-13H2,1H3. The van der Waals surface area contributed by atoms with Crippen molar-refractivity contribution in [1.82, 2.24) is 10.2 Å². The van der Waals surface area contributed by atoms with Crippen LogP contribution in [0, 0.1) is 5.92 Å². The van der Waals surface area contributed by atoms with Crippen molar-refractivity contribution in [3.8, 4) is 0 Å². The van der Waals surface area contributed by atoms with E-state index in [1.54, 1.807) is 0 Å². The van der Waals surface area contributed by atoms with Crippen LogP contribution in [0.15, 0.2) is 0 Å². The number of nitrogens with zero attached hydrogens (tertiary/aromatic N) is 1. The Morgan fingerprint density at radius 2 is 2.10 bits per heavy atom. The second-order valence-electron chi connectivity index (χ2n) is 7.55. The Morgan fingerprint density at radius 1 is 1.25 bits per heavy atom. The van der Waals surface area contributed by atoms with Gasteiger partial charge in [0.2, 0.25) is 0 Å². The van der Waals surface area contributed by atoms with Crippen molar-refractivity contribution >= 4 is 0 Å². The summed E-state index contributed by atoms with van der Waals surface area (Å²) in [6, 6.07) is 1.41. The fourth-order valence-electron chi connectivity index (χ4n) is 4.46. The lowest BCUT2D eigenvalue weighted by Crippen LogP contribution is -2.56. The highest BCUT2D eigenvalue weighted by Crippen LogP contribution is 2.36. The van der Waals surface area contributed by atoms with Gasteiger partial charge in [-0.15, -0.1) is 0 Å². The van der Waals surface area contributed by atoms with E-state index in [-0.39, 0.29) is 5.54 Å². The molecule has 2 aliphatic carbocycles. The molecule has 0 aromatic rings. The average molecular weight is 280 g/mol. The molecule has 3 fully saturated rings. The Hall–Kier alpha value is -0.120. The predicted molar refractivity (Wildman–Crippen MR) is 82.8 cm³/mol. The number of aliphatic hydroxyl groups excluding tert-OH is 1. The molecule has 3 unspecified atom stereocenters. The third kappa shape index (κ3) is 3.37. The van der Waals surface area contributed by atoms with Crippen LogP contribution in [-0.4, -0.2) is 47.3 Å². The van der Waals surface area contributed by atoms with Gasteiger partial charge in [0.1, 0.15) is 0 Å². The van der Waals surface area contributed by atoms with Crippen LogP contribution in [0.3, 0.4) is 0 Å². The Bertz CT molecular complexity index is 318.